The molecule has 27 heavy (non-hydrogen) atoms. The summed E-state index contributed by atoms with van der Waals surface area (Å²) in [5, 5.41) is 4.57. The van der Waals surface area contributed by atoms with Crippen molar-refractivity contribution < 1.29 is 13.9 Å². The lowest BCUT2D eigenvalue weighted by molar-refractivity contribution is 0.0725. The van der Waals surface area contributed by atoms with Gasteiger partial charge in [-0.15, -0.1) is 0 Å². The summed E-state index contributed by atoms with van der Waals surface area (Å²) < 4.78 is 20.3. The standard InChI is InChI=1S/C22H15FN2O2/c23-17-10-7-13-19(14-17)27-22(26)21-15-20(16-8-3-1-4-9-16)24-25(21)18-11-5-2-6-12-18/h1-15H. The van der Waals surface area contributed by atoms with Crippen molar-refractivity contribution in [2.45, 2.75) is 0 Å². The average Bonchev–Trinajstić information content (AvgIpc) is 3.15. The molecule has 0 bridgehead atoms. The molecule has 3 aromatic carbocycles. The molecule has 5 heteroatoms. The van der Waals surface area contributed by atoms with E-state index < -0.39 is 11.8 Å². The van der Waals surface area contributed by atoms with Crippen LogP contribution in [0.1, 0.15) is 10.5 Å². The van der Waals surface area contributed by atoms with Gasteiger partial charge in [-0.3, -0.25) is 0 Å². The molecule has 0 unspecified atom stereocenters. The van der Waals surface area contributed by atoms with E-state index >= 15 is 0 Å². The monoisotopic (exact) mass is 358 g/mol. The smallest absolute Gasteiger partial charge is 0.362 e. The molecular weight excluding hydrogens is 343 g/mol. The van der Waals surface area contributed by atoms with Crippen LogP contribution in [0.4, 0.5) is 4.39 Å². The fourth-order valence-corrected chi connectivity index (χ4v) is 2.73. The van der Waals surface area contributed by atoms with E-state index in [1.165, 1.54) is 28.9 Å². The predicted molar refractivity (Wildman–Crippen MR) is 100 cm³/mol. The lowest BCUT2D eigenvalue weighted by Gasteiger charge is -2.07. The molecule has 0 fully saturated rings. The Balaban J connectivity index is 1.76. The number of rotatable bonds is 4. The molecule has 0 atom stereocenters. The molecule has 1 heterocycles. The van der Waals surface area contributed by atoms with Gasteiger partial charge in [0.15, 0.2) is 5.69 Å². The van der Waals surface area contributed by atoms with E-state index in [2.05, 4.69) is 5.10 Å². The first kappa shape index (κ1) is 16.7. The molecular formula is C22H15FN2O2. The number of hydrogen-bond donors (Lipinski definition) is 0. The second kappa shape index (κ2) is 7.25. The topological polar surface area (TPSA) is 44.1 Å². The van der Waals surface area contributed by atoms with Crippen molar-refractivity contribution >= 4 is 5.97 Å². The summed E-state index contributed by atoms with van der Waals surface area (Å²) in [4.78, 5) is 12.8. The van der Waals surface area contributed by atoms with Gasteiger partial charge in [0, 0.05) is 11.6 Å². The molecule has 132 valence electrons. The van der Waals surface area contributed by atoms with Crippen molar-refractivity contribution in [3.63, 3.8) is 0 Å². The summed E-state index contributed by atoms with van der Waals surface area (Å²) in [6.45, 7) is 0. The number of benzene rings is 3. The molecule has 0 saturated carbocycles. The molecule has 0 spiro atoms. The van der Waals surface area contributed by atoms with E-state index in [0.29, 0.717) is 5.69 Å². The lowest BCUT2D eigenvalue weighted by atomic mass is 10.1. The Morgan fingerprint density at radius 1 is 0.852 bits per heavy atom. The van der Waals surface area contributed by atoms with Crippen molar-refractivity contribution in [2.75, 3.05) is 0 Å². The first-order valence-corrected chi connectivity index (χ1v) is 8.39. The minimum Gasteiger partial charge on any atom is -0.422 e. The van der Waals surface area contributed by atoms with E-state index in [1.54, 1.807) is 6.07 Å². The van der Waals surface area contributed by atoms with E-state index in [0.717, 1.165) is 11.3 Å². The molecule has 0 N–H and O–H groups in total. The maximum atomic E-state index is 13.4. The molecule has 0 amide bonds. The zero-order valence-corrected chi connectivity index (χ0v) is 14.2. The lowest BCUT2D eigenvalue weighted by Crippen LogP contribution is -2.14. The van der Waals surface area contributed by atoms with Gasteiger partial charge in [0.1, 0.15) is 11.6 Å². The summed E-state index contributed by atoms with van der Waals surface area (Å²) >= 11 is 0. The Kier molecular flexibility index (Phi) is 4.49. The number of aromatic nitrogens is 2. The molecule has 0 aliphatic rings. The number of hydrogen-bond acceptors (Lipinski definition) is 3. The van der Waals surface area contributed by atoms with Crippen molar-refractivity contribution in [1.82, 2.24) is 9.78 Å². The highest BCUT2D eigenvalue weighted by atomic mass is 19.1. The average molecular weight is 358 g/mol. The normalized spacial score (nSPS) is 10.6. The second-order valence-electron chi connectivity index (χ2n) is 5.88. The van der Waals surface area contributed by atoms with Crippen LogP contribution in [0, 0.1) is 5.82 Å². The van der Waals surface area contributed by atoms with Crippen LogP contribution in [-0.2, 0) is 0 Å². The fraction of sp³-hybridized carbons (Fsp3) is 0. The molecule has 0 radical (unpaired) electrons. The van der Waals surface area contributed by atoms with Crippen LogP contribution in [-0.4, -0.2) is 15.7 Å². The Hall–Kier alpha value is -3.73. The third kappa shape index (κ3) is 3.62. The third-order valence-electron chi connectivity index (χ3n) is 4.00. The summed E-state index contributed by atoms with van der Waals surface area (Å²) in [6.07, 6.45) is 0. The fourth-order valence-electron chi connectivity index (χ4n) is 2.73. The van der Waals surface area contributed by atoms with Crippen LogP contribution in [0.25, 0.3) is 16.9 Å². The van der Waals surface area contributed by atoms with Crippen LogP contribution < -0.4 is 4.74 Å². The number of carbonyl (C=O) groups excluding carboxylic acids is 1. The summed E-state index contributed by atoms with van der Waals surface area (Å²) in [7, 11) is 0. The zero-order chi connectivity index (χ0) is 18.6. The van der Waals surface area contributed by atoms with E-state index in [-0.39, 0.29) is 11.4 Å². The number of esters is 1. The highest BCUT2D eigenvalue weighted by Crippen LogP contribution is 2.23. The first-order chi connectivity index (χ1) is 13.2. The van der Waals surface area contributed by atoms with Gasteiger partial charge in [-0.2, -0.15) is 5.10 Å². The Morgan fingerprint density at radius 2 is 1.56 bits per heavy atom. The molecule has 0 saturated heterocycles. The van der Waals surface area contributed by atoms with Gasteiger partial charge in [-0.1, -0.05) is 54.6 Å². The van der Waals surface area contributed by atoms with Gasteiger partial charge in [0.25, 0.3) is 0 Å². The summed E-state index contributed by atoms with van der Waals surface area (Å²) in [5.41, 5.74) is 2.51. The molecule has 1 aromatic heterocycles. The van der Waals surface area contributed by atoms with Crippen LogP contribution in [0.5, 0.6) is 5.75 Å². The Morgan fingerprint density at radius 3 is 2.26 bits per heavy atom. The number of ether oxygens (including phenoxy) is 1. The van der Waals surface area contributed by atoms with E-state index in [4.69, 9.17) is 4.74 Å². The molecule has 0 aliphatic carbocycles. The van der Waals surface area contributed by atoms with Gasteiger partial charge in [0.05, 0.1) is 11.4 Å². The van der Waals surface area contributed by atoms with Gasteiger partial charge in [-0.25, -0.2) is 13.9 Å². The van der Waals surface area contributed by atoms with Crippen LogP contribution in [0.2, 0.25) is 0 Å². The predicted octanol–water partition coefficient (Wildman–Crippen LogP) is 4.90. The van der Waals surface area contributed by atoms with Gasteiger partial charge in [0.2, 0.25) is 0 Å². The quantitative estimate of drug-likeness (QED) is 0.385. The van der Waals surface area contributed by atoms with Gasteiger partial charge >= 0.3 is 5.97 Å². The second-order valence-corrected chi connectivity index (χ2v) is 5.88. The maximum absolute atomic E-state index is 13.4. The minimum absolute atomic E-state index is 0.141. The van der Waals surface area contributed by atoms with E-state index in [1.807, 2.05) is 60.7 Å². The minimum atomic E-state index is -0.612. The van der Waals surface area contributed by atoms with Crippen molar-refractivity contribution in [3.05, 3.63) is 103 Å². The zero-order valence-electron chi connectivity index (χ0n) is 14.2. The highest BCUT2D eigenvalue weighted by molar-refractivity contribution is 5.91. The highest BCUT2D eigenvalue weighted by Gasteiger charge is 2.19. The first-order valence-electron chi connectivity index (χ1n) is 8.39. The summed E-state index contributed by atoms with van der Waals surface area (Å²) in [5.74, 6) is -0.942. The van der Waals surface area contributed by atoms with Gasteiger partial charge in [-0.05, 0) is 30.3 Å². The van der Waals surface area contributed by atoms with Crippen LogP contribution >= 0.6 is 0 Å². The maximum Gasteiger partial charge on any atom is 0.362 e. The SMILES string of the molecule is O=C(Oc1cccc(F)c1)c1cc(-c2ccccc2)nn1-c1ccccc1. The van der Waals surface area contributed by atoms with Crippen LogP contribution in [0.15, 0.2) is 91.0 Å². The largest absolute Gasteiger partial charge is 0.422 e. The van der Waals surface area contributed by atoms with Gasteiger partial charge < -0.3 is 4.74 Å². The van der Waals surface area contributed by atoms with Crippen LogP contribution in [0.3, 0.4) is 0 Å². The van der Waals surface area contributed by atoms with E-state index in [9.17, 15) is 9.18 Å². The number of nitrogens with zero attached hydrogens (tertiary/aromatic N) is 2. The molecule has 4 rings (SSSR count). The summed E-state index contributed by atoms with van der Waals surface area (Å²) in [6, 6.07) is 26.0. The Labute approximate surface area is 155 Å². The van der Waals surface area contributed by atoms with Crippen molar-refractivity contribution in [1.29, 1.82) is 0 Å². The Bertz CT molecular complexity index is 1080. The van der Waals surface area contributed by atoms with Crippen molar-refractivity contribution in [3.8, 4) is 22.7 Å². The molecule has 4 aromatic rings. The number of para-hydroxylation sites is 1. The van der Waals surface area contributed by atoms with Crippen molar-refractivity contribution in [2.24, 2.45) is 0 Å². The molecule has 0 aliphatic heterocycles. The third-order valence-corrected chi connectivity index (χ3v) is 4.00. The number of carbonyl (C=O) groups is 1. The number of halogens is 1. The molecule has 4 nitrogen and oxygen atoms in total.